The Morgan fingerprint density at radius 1 is 0.323 bits per heavy atom. The lowest BCUT2D eigenvalue weighted by molar-refractivity contribution is 0.447. The Morgan fingerprint density at radius 3 is 0.769 bits per heavy atom. The fourth-order valence-electron chi connectivity index (χ4n) is 6.57. The van der Waals surface area contributed by atoms with Gasteiger partial charge in [-0.1, -0.05) is 156 Å². The molecule has 0 atom stereocenters. The SMILES string of the molecule is CC(C)c1ccc(OP(N=P(NP(Oc2ccc(C(C)C)cc2)Oc2ccc(C(C)C)cc2)(Oc2ccc(C(C)C)cc2)Oc2ccc(C(C)C)cc2)Oc2ccc(C(C)C)cc2)cc1. The highest BCUT2D eigenvalue weighted by atomic mass is 31.3. The molecule has 0 aromatic heterocycles. The summed E-state index contributed by atoms with van der Waals surface area (Å²) in [6.45, 7) is 26.0. The largest absolute Gasteiger partial charge is 0.443 e. The van der Waals surface area contributed by atoms with Crippen molar-refractivity contribution in [3.05, 3.63) is 179 Å². The Kier molecular flexibility index (Phi) is 17.6. The van der Waals surface area contributed by atoms with Crippen molar-refractivity contribution < 1.29 is 27.1 Å². The number of nitrogens with one attached hydrogen (secondary N) is 1. The molecule has 0 radical (unpaired) electrons. The average molecular weight is 933 g/mol. The zero-order valence-electron chi connectivity index (χ0n) is 40.1. The second-order valence-electron chi connectivity index (χ2n) is 18.1. The molecule has 1 N–H and O–H groups in total. The van der Waals surface area contributed by atoms with E-state index < -0.39 is 24.7 Å². The van der Waals surface area contributed by atoms with Crippen LogP contribution in [0.2, 0.25) is 0 Å². The molecule has 11 heteroatoms. The molecule has 65 heavy (non-hydrogen) atoms. The number of hydrogen-bond donors (Lipinski definition) is 1. The first-order valence-corrected chi connectivity index (χ1v) is 26.6. The summed E-state index contributed by atoms with van der Waals surface area (Å²) in [6, 6.07) is 48.3. The molecule has 0 bridgehead atoms. The summed E-state index contributed by atoms with van der Waals surface area (Å²) in [5.41, 5.74) is 7.11. The molecule has 0 saturated heterocycles. The van der Waals surface area contributed by atoms with Gasteiger partial charge in [0, 0.05) is 0 Å². The number of hydrogen-bond acceptors (Lipinski definition) is 7. The summed E-state index contributed by atoms with van der Waals surface area (Å²) in [7, 11) is -8.13. The molecule has 0 aliphatic carbocycles. The molecule has 0 fully saturated rings. The molecule has 0 aliphatic heterocycles. The van der Waals surface area contributed by atoms with Gasteiger partial charge in [0.2, 0.25) is 0 Å². The van der Waals surface area contributed by atoms with Crippen molar-refractivity contribution in [1.82, 2.24) is 4.86 Å². The molecule has 0 unspecified atom stereocenters. The first kappa shape index (κ1) is 49.6. The maximum absolute atomic E-state index is 7.16. The third-order valence-corrected chi connectivity index (χ3v) is 16.5. The number of nitrogens with zero attached hydrogens (tertiary/aromatic N) is 1. The molecule has 0 heterocycles. The van der Waals surface area contributed by atoms with E-state index in [4.69, 9.17) is 31.7 Å². The van der Waals surface area contributed by atoms with Gasteiger partial charge >= 0.3 is 24.7 Å². The fourth-order valence-corrected chi connectivity index (χ4v) is 12.1. The standard InChI is InChI=1S/C54H67N2O6P3/c1-37(2)43-13-25-49(26-14-43)57-63(58-50-27-15-44(16-28-50)38(3)4)55-65(61-53-33-21-47(22-34-53)41(9)10,62-54-35-23-48(24-36-54)42(11)12)56-64(59-51-29-17-45(18-30-51)39(5)6)60-52-31-19-46(20-32-52)40(7)8/h13-42,55H,1-12H3. The van der Waals surface area contributed by atoms with E-state index in [0.29, 0.717) is 70.0 Å². The van der Waals surface area contributed by atoms with E-state index >= 15 is 0 Å². The highest BCUT2D eigenvalue weighted by Gasteiger charge is 2.38. The van der Waals surface area contributed by atoms with Crippen LogP contribution in [0.15, 0.2) is 150 Å². The first-order chi connectivity index (χ1) is 31.0. The number of benzene rings is 6. The minimum atomic E-state index is -3.85. The van der Waals surface area contributed by atoms with Crippen LogP contribution in [0.1, 0.15) is 152 Å². The average Bonchev–Trinajstić information content (AvgIpc) is 3.27. The monoisotopic (exact) mass is 932 g/mol. The maximum atomic E-state index is 7.16. The van der Waals surface area contributed by atoms with Crippen LogP contribution >= 0.6 is 24.7 Å². The van der Waals surface area contributed by atoms with Gasteiger partial charge in [-0.3, -0.25) is 0 Å². The van der Waals surface area contributed by atoms with Crippen LogP contribution in [-0.2, 0) is 0 Å². The maximum Gasteiger partial charge on any atom is 0.443 e. The highest BCUT2D eigenvalue weighted by Crippen LogP contribution is 2.62. The van der Waals surface area contributed by atoms with E-state index in [1.54, 1.807) is 0 Å². The third kappa shape index (κ3) is 14.6. The quantitative estimate of drug-likeness (QED) is 0.0720. The van der Waals surface area contributed by atoms with Crippen molar-refractivity contribution in [2.24, 2.45) is 4.52 Å². The molecule has 0 saturated carbocycles. The minimum Gasteiger partial charge on any atom is -0.427 e. The normalized spacial score (nSPS) is 11.9. The molecule has 0 amide bonds. The molecule has 0 spiro atoms. The molecule has 6 aromatic rings. The van der Waals surface area contributed by atoms with Crippen molar-refractivity contribution in [1.29, 1.82) is 0 Å². The second-order valence-corrected chi connectivity index (χ2v) is 22.7. The van der Waals surface area contributed by atoms with Crippen molar-refractivity contribution in [2.75, 3.05) is 0 Å². The lowest BCUT2D eigenvalue weighted by atomic mass is 10.0. The molecular weight excluding hydrogens is 866 g/mol. The second kappa shape index (κ2) is 23.1. The van der Waals surface area contributed by atoms with E-state index in [1.165, 1.54) is 33.4 Å². The van der Waals surface area contributed by atoms with E-state index in [2.05, 4.69) is 161 Å². The molecule has 0 aliphatic rings. The van der Waals surface area contributed by atoms with Gasteiger partial charge in [-0.15, -0.1) is 9.37 Å². The van der Waals surface area contributed by atoms with Gasteiger partial charge in [0.05, 0.1) is 0 Å². The summed E-state index contributed by atoms with van der Waals surface area (Å²) in [4.78, 5) is 3.64. The Morgan fingerprint density at radius 2 is 0.538 bits per heavy atom. The predicted molar refractivity (Wildman–Crippen MR) is 273 cm³/mol. The van der Waals surface area contributed by atoms with Crippen LogP contribution < -0.4 is 32.0 Å². The van der Waals surface area contributed by atoms with Crippen molar-refractivity contribution in [2.45, 2.75) is 119 Å². The summed E-state index contributed by atoms with van der Waals surface area (Å²) in [5, 5.41) is 0. The lowest BCUT2D eigenvalue weighted by Gasteiger charge is -2.30. The van der Waals surface area contributed by atoms with Crippen molar-refractivity contribution >= 4 is 24.7 Å². The smallest absolute Gasteiger partial charge is 0.427 e. The molecule has 8 nitrogen and oxygen atoms in total. The molecule has 6 rings (SSSR count). The van der Waals surface area contributed by atoms with Gasteiger partial charge in [0.15, 0.2) is 0 Å². The highest BCUT2D eigenvalue weighted by molar-refractivity contribution is 7.71. The number of rotatable bonds is 21. The van der Waals surface area contributed by atoms with Gasteiger partial charge in [-0.05, 0) is 142 Å². The topological polar surface area (TPSA) is 79.8 Å². The zero-order chi connectivity index (χ0) is 46.7. The van der Waals surface area contributed by atoms with Crippen molar-refractivity contribution in [3.63, 3.8) is 0 Å². The van der Waals surface area contributed by atoms with Gasteiger partial charge in [-0.2, -0.15) is 0 Å². The van der Waals surface area contributed by atoms with Crippen molar-refractivity contribution in [3.8, 4) is 34.5 Å². The third-order valence-electron chi connectivity index (χ3n) is 10.9. The Balaban J connectivity index is 1.56. The molecule has 344 valence electrons. The van der Waals surface area contributed by atoms with Gasteiger partial charge < -0.3 is 27.1 Å². The summed E-state index contributed by atoms with van der Waals surface area (Å²) >= 11 is 0. The Labute approximate surface area is 391 Å². The Hall–Kier alpha value is -4.83. The zero-order valence-corrected chi connectivity index (χ0v) is 42.7. The Bertz CT molecular complexity index is 2250. The summed E-state index contributed by atoms with van der Waals surface area (Å²) in [6.07, 6.45) is 0. The fraction of sp³-hybridized carbons (Fsp3) is 0.333. The van der Waals surface area contributed by atoms with Crippen LogP contribution in [0.4, 0.5) is 0 Å². The van der Waals surface area contributed by atoms with Gasteiger partial charge in [0.25, 0.3) is 0 Å². The van der Waals surface area contributed by atoms with Crippen LogP contribution in [0, 0.1) is 0 Å². The molecule has 6 aromatic carbocycles. The van der Waals surface area contributed by atoms with E-state index in [9.17, 15) is 0 Å². The first-order valence-electron chi connectivity index (χ1n) is 22.8. The predicted octanol–water partition coefficient (Wildman–Crippen LogP) is 18.2. The van der Waals surface area contributed by atoms with Crippen LogP contribution in [0.3, 0.4) is 0 Å². The molecular formula is C54H67N2O6P3. The summed E-state index contributed by atoms with van der Waals surface area (Å²) < 4.78 is 47.0. The van der Waals surface area contributed by atoms with E-state index in [0.717, 1.165) is 0 Å². The lowest BCUT2D eigenvalue weighted by Crippen LogP contribution is -2.19. The minimum absolute atomic E-state index is 0.319. The van der Waals surface area contributed by atoms with Crippen LogP contribution in [0.5, 0.6) is 34.5 Å². The van der Waals surface area contributed by atoms with E-state index in [-0.39, 0.29) is 0 Å². The van der Waals surface area contributed by atoms with Crippen LogP contribution in [-0.4, -0.2) is 0 Å². The van der Waals surface area contributed by atoms with Crippen LogP contribution in [0.25, 0.3) is 0 Å². The van der Waals surface area contributed by atoms with Gasteiger partial charge in [0.1, 0.15) is 34.5 Å². The summed E-state index contributed by atoms with van der Waals surface area (Å²) in [5.74, 6) is 5.51. The van der Waals surface area contributed by atoms with Gasteiger partial charge in [-0.25, -0.2) is 0 Å². The van der Waals surface area contributed by atoms with E-state index in [1.807, 2.05) is 72.8 Å².